The Kier molecular flexibility index (Phi) is 2.85. The van der Waals surface area contributed by atoms with E-state index in [9.17, 15) is 0 Å². The highest BCUT2D eigenvalue weighted by Gasteiger charge is 2.52. The fraction of sp³-hybridized carbons (Fsp3) is 0.500. The third-order valence-corrected chi connectivity index (χ3v) is 4.28. The molecule has 1 aromatic heterocycles. The average Bonchev–Trinajstić information content (AvgIpc) is 2.87. The van der Waals surface area contributed by atoms with Crippen LogP contribution in [0.5, 0.6) is 5.75 Å². The van der Waals surface area contributed by atoms with Crippen molar-refractivity contribution in [3.63, 3.8) is 0 Å². The number of methoxy groups -OCH3 is 1. The summed E-state index contributed by atoms with van der Waals surface area (Å²) in [4.78, 5) is 0. The van der Waals surface area contributed by atoms with Gasteiger partial charge in [0.1, 0.15) is 5.75 Å². The first-order valence-electron chi connectivity index (χ1n) is 6.72. The lowest BCUT2D eigenvalue weighted by molar-refractivity contribution is 0.00578. The second-order valence-electron chi connectivity index (χ2n) is 6.11. The Morgan fingerprint density at radius 2 is 1.80 bits per heavy atom. The summed E-state index contributed by atoms with van der Waals surface area (Å²) in [7, 11) is 1.21. The Morgan fingerprint density at radius 3 is 2.40 bits per heavy atom. The average molecular weight is 274 g/mol. The molecule has 0 amide bonds. The summed E-state index contributed by atoms with van der Waals surface area (Å²) in [6.07, 6.45) is 0. The molecule has 1 aromatic carbocycles. The van der Waals surface area contributed by atoms with Gasteiger partial charge in [-0.1, -0.05) is 0 Å². The minimum atomic E-state index is -0.432. The van der Waals surface area contributed by atoms with Crippen LogP contribution >= 0.6 is 0 Å². The highest BCUT2D eigenvalue weighted by molar-refractivity contribution is 6.64. The topological polar surface area (TPSA) is 56.4 Å². The van der Waals surface area contributed by atoms with Gasteiger partial charge < -0.3 is 14.0 Å². The molecule has 0 aliphatic carbocycles. The Balaban J connectivity index is 2.00. The van der Waals surface area contributed by atoms with E-state index in [-0.39, 0.29) is 11.2 Å². The molecule has 106 valence electrons. The summed E-state index contributed by atoms with van der Waals surface area (Å²) in [5.74, 6) is 0.782. The molecule has 2 heterocycles. The van der Waals surface area contributed by atoms with Crippen LogP contribution < -0.4 is 10.3 Å². The number of benzene rings is 1. The zero-order valence-corrected chi connectivity index (χ0v) is 12.5. The van der Waals surface area contributed by atoms with Gasteiger partial charge in [0, 0.05) is 11.5 Å². The van der Waals surface area contributed by atoms with E-state index in [0.717, 1.165) is 22.2 Å². The van der Waals surface area contributed by atoms with Crippen molar-refractivity contribution in [2.24, 2.45) is 0 Å². The minimum absolute atomic E-state index is 0.360. The molecule has 0 spiro atoms. The third-order valence-electron chi connectivity index (χ3n) is 4.28. The van der Waals surface area contributed by atoms with E-state index in [1.165, 1.54) is 0 Å². The molecule has 0 unspecified atom stereocenters. The van der Waals surface area contributed by atoms with Crippen LogP contribution in [0.15, 0.2) is 18.2 Å². The molecular formula is C14H19BN2O3. The van der Waals surface area contributed by atoms with Crippen molar-refractivity contribution in [1.82, 2.24) is 10.2 Å². The van der Waals surface area contributed by atoms with Gasteiger partial charge in [-0.15, -0.1) is 0 Å². The third kappa shape index (κ3) is 1.91. The van der Waals surface area contributed by atoms with Crippen LogP contribution in [-0.4, -0.2) is 35.6 Å². The van der Waals surface area contributed by atoms with Crippen LogP contribution in [0.25, 0.3) is 10.9 Å². The van der Waals surface area contributed by atoms with Gasteiger partial charge in [-0.25, -0.2) is 0 Å². The van der Waals surface area contributed by atoms with E-state index in [1.54, 1.807) is 7.11 Å². The minimum Gasteiger partial charge on any atom is -0.497 e. The van der Waals surface area contributed by atoms with Gasteiger partial charge in [0.15, 0.2) is 0 Å². The van der Waals surface area contributed by atoms with Crippen molar-refractivity contribution in [2.45, 2.75) is 38.9 Å². The normalized spacial score (nSPS) is 20.6. The molecule has 1 aliphatic heterocycles. The van der Waals surface area contributed by atoms with Crippen LogP contribution in [-0.2, 0) is 9.31 Å². The molecule has 0 saturated carbocycles. The highest BCUT2D eigenvalue weighted by atomic mass is 16.7. The van der Waals surface area contributed by atoms with Gasteiger partial charge in [0.2, 0.25) is 0 Å². The fourth-order valence-electron chi connectivity index (χ4n) is 2.28. The highest BCUT2D eigenvalue weighted by Crippen LogP contribution is 2.36. The molecule has 3 rings (SSSR count). The van der Waals surface area contributed by atoms with Gasteiger partial charge in [-0.3, -0.25) is 5.10 Å². The first kappa shape index (κ1) is 13.5. The number of hydrogen-bond donors (Lipinski definition) is 1. The second-order valence-corrected chi connectivity index (χ2v) is 6.11. The number of fused-ring (bicyclic) bond motifs is 1. The van der Waals surface area contributed by atoms with Gasteiger partial charge in [-0.05, 0) is 39.8 Å². The molecule has 0 atom stereocenters. The standard InChI is InChI=1S/C14H19BN2O3/c1-13(2)14(3,4)20-15(19-13)12-10-7-6-9(18-5)8-11(10)16-17-12/h6-8H,1-5H3,(H,16,17). The van der Waals surface area contributed by atoms with E-state index in [2.05, 4.69) is 10.2 Å². The predicted octanol–water partition coefficient (Wildman–Crippen LogP) is 1.87. The molecular weight excluding hydrogens is 255 g/mol. The fourth-order valence-corrected chi connectivity index (χ4v) is 2.28. The molecule has 1 N–H and O–H groups in total. The molecule has 1 aliphatic rings. The summed E-state index contributed by atoms with van der Waals surface area (Å²) in [6.45, 7) is 8.15. The largest absolute Gasteiger partial charge is 0.514 e. The van der Waals surface area contributed by atoms with Crippen molar-refractivity contribution >= 4 is 23.6 Å². The maximum atomic E-state index is 6.05. The van der Waals surface area contributed by atoms with E-state index >= 15 is 0 Å². The van der Waals surface area contributed by atoms with Gasteiger partial charge in [0.25, 0.3) is 0 Å². The predicted molar refractivity (Wildman–Crippen MR) is 78.4 cm³/mol. The van der Waals surface area contributed by atoms with Crippen LogP contribution in [0, 0.1) is 0 Å². The summed E-state index contributed by atoms with van der Waals surface area (Å²) in [6, 6.07) is 5.77. The number of aromatic nitrogens is 2. The van der Waals surface area contributed by atoms with E-state index in [4.69, 9.17) is 14.0 Å². The number of H-pyrrole nitrogens is 1. The van der Waals surface area contributed by atoms with Crippen molar-refractivity contribution in [3.8, 4) is 5.75 Å². The lowest BCUT2D eigenvalue weighted by Gasteiger charge is -2.32. The first-order valence-corrected chi connectivity index (χ1v) is 6.72. The van der Waals surface area contributed by atoms with E-state index < -0.39 is 7.12 Å². The molecule has 1 fully saturated rings. The Hall–Kier alpha value is -1.53. The quantitative estimate of drug-likeness (QED) is 0.849. The van der Waals surface area contributed by atoms with Crippen LogP contribution in [0.1, 0.15) is 27.7 Å². The number of hydrogen-bond acceptors (Lipinski definition) is 4. The lowest BCUT2D eigenvalue weighted by atomic mass is 9.82. The molecule has 1 saturated heterocycles. The van der Waals surface area contributed by atoms with E-state index in [0.29, 0.717) is 0 Å². The molecule has 5 nitrogen and oxygen atoms in total. The number of rotatable bonds is 2. The second kappa shape index (κ2) is 4.23. The monoisotopic (exact) mass is 274 g/mol. The Bertz CT molecular complexity index is 635. The van der Waals surface area contributed by atoms with Crippen molar-refractivity contribution in [1.29, 1.82) is 0 Å². The summed E-state index contributed by atoms with van der Waals surface area (Å²) < 4.78 is 17.3. The summed E-state index contributed by atoms with van der Waals surface area (Å²) >= 11 is 0. The first-order chi connectivity index (χ1) is 9.34. The maximum absolute atomic E-state index is 6.05. The molecule has 0 radical (unpaired) electrons. The van der Waals surface area contributed by atoms with Crippen molar-refractivity contribution in [2.75, 3.05) is 7.11 Å². The number of nitrogens with zero attached hydrogens (tertiary/aromatic N) is 1. The van der Waals surface area contributed by atoms with Crippen LogP contribution in [0.2, 0.25) is 0 Å². The smallest absolute Gasteiger partial charge is 0.497 e. The summed E-state index contributed by atoms with van der Waals surface area (Å²) in [5, 5.41) is 8.32. The Labute approximate surface area is 118 Å². The van der Waals surface area contributed by atoms with Gasteiger partial charge in [0.05, 0.1) is 29.4 Å². The van der Waals surface area contributed by atoms with Crippen LogP contribution in [0.4, 0.5) is 0 Å². The Morgan fingerprint density at radius 1 is 1.15 bits per heavy atom. The summed E-state index contributed by atoms with van der Waals surface area (Å²) in [5.41, 5.74) is 0.971. The van der Waals surface area contributed by atoms with Crippen LogP contribution in [0.3, 0.4) is 0 Å². The lowest BCUT2D eigenvalue weighted by Crippen LogP contribution is -2.41. The SMILES string of the molecule is COc1ccc2c(B3OC(C)(C)C(C)(C)O3)[nH]nc2c1. The van der Waals surface area contributed by atoms with Gasteiger partial charge >= 0.3 is 7.12 Å². The molecule has 20 heavy (non-hydrogen) atoms. The van der Waals surface area contributed by atoms with E-state index in [1.807, 2.05) is 45.9 Å². The van der Waals surface area contributed by atoms with Crippen molar-refractivity contribution in [3.05, 3.63) is 18.2 Å². The number of ether oxygens (including phenoxy) is 1. The molecule has 0 bridgehead atoms. The number of aromatic amines is 1. The number of nitrogens with one attached hydrogen (secondary N) is 1. The van der Waals surface area contributed by atoms with Crippen molar-refractivity contribution < 1.29 is 14.0 Å². The zero-order valence-electron chi connectivity index (χ0n) is 12.5. The zero-order chi connectivity index (χ0) is 14.5. The molecule has 6 heteroatoms. The van der Waals surface area contributed by atoms with Gasteiger partial charge in [-0.2, -0.15) is 5.10 Å². The maximum Gasteiger partial charge on any atom is 0.514 e. The molecule has 2 aromatic rings.